The highest BCUT2D eigenvalue weighted by Gasteiger charge is 2.13. The lowest BCUT2D eigenvalue weighted by Crippen LogP contribution is -2.15. The molecule has 0 aliphatic rings. The Morgan fingerprint density at radius 1 is 1.29 bits per heavy atom. The minimum absolute atomic E-state index is 0.249. The lowest BCUT2D eigenvalue weighted by Gasteiger charge is -2.12. The molecule has 0 fully saturated rings. The molecule has 21 heavy (non-hydrogen) atoms. The molecule has 0 bridgehead atoms. The Labute approximate surface area is 122 Å². The number of methoxy groups -OCH3 is 1. The van der Waals surface area contributed by atoms with Crippen molar-refractivity contribution in [3.05, 3.63) is 53.8 Å². The molecule has 0 aliphatic carbocycles. The summed E-state index contributed by atoms with van der Waals surface area (Å²) in [4.78, 5) is 10.7. The molecule has 0 spiro atoms. The van der Waals surface area contributed by atoms with Crippen molar-refractivity contribution in [1.29, 1.82) is 0 Å². The molecule has 0 radical (unpaired) electrons. The standard InChI is InChI=1S/C16H16FNO3/c1-21-14-4-2-3-10(8-14)11-5-12(7-13(17)6-11)15(18)9-16(19)20/h2-8,15H,9,18H2,1H3,(H,19,20)/t15-/m0/s1. The van der Waals surface area contributed by atoms with Gasteiger partial charge in [-0.1, -0.05) is 12.1 Å². The Bertz CT molecular complexity index is 658. The molecule has 0 aromatic heterocycles. The first-order valence-electron chi connectivity index (χ1n) is 6.42. The van der Waals surface area contributed by atoms with E-state index in [9.17, 15) is 9.18 Å². The molecule has 5 heteroatoms. The van der Waals surface area contributed by atoms with E-state index < -0.39 is 17.8 Å². The summed E-state index contributed by atoms with van der Waals surface area (Å²) in [6, 6.07) is 10.8. The summed E-state index contributed by atoms with van der Waals surface area (Å²) in [5.41, 5.74) is 7.65. The number of benzene rings is 2. The number of carboxylic acid groups (broad SMARTS) is 1. The highest BCUT2D eigenvalue weighted by atomic mass is 19.1. The van der Waals surface area contributed by atoms with Crippen LogP contribution >= 0.6 is 0 Å². The van der Waals surface area contributed by atoms with Crippen molar-refractivity contribution in [1.82, 2.24) is 0 Å². The van der Waals surface area contributed by atoms with Gasteiger partial charge >= 0.3 is 5.97 Å². The van der Waals surface area contributed by atoms with Gasteiger partial charge in [-0.3, -0.25) is 4.79 Å². The summed E-state index contributed by atoms with van der Waals surface area (Å²) in [5, 5.41) is 8.78. The van der Waals surface area contributed by atoms with Crippen LogP contribution in [0.25, 0.3) is 11.1 Å². The van der Waals surface area contributed by atoms with Crippen LogP contribution < -0.4 is 10.5 Å². The van der Waals surface area contributed by atoms with Gasteiger partial charge in [-0.15, -0.1) is 0 Å². The van der Waals surface area contributed by atoms with Crippen LogP contribution in [0.3, 0.4) is 0 Å². The molecule has 0 amide bonds. The van der Waals surface area contributed by atoms with Crippen LogP contribution in [0.15, 0.2) is 42.5 Å². The summed E-state index contributed by atoms with van der Waals surface area (Å²) < 4.78 is 18.9. The second-order valence-electron chi connectivity index (χ2n) is 4.71. The lowest BCUT2D eigenvalue weighted by atomic mass is 9.98. The SMILES string of the molecule is COc1cccc(-c2cc(F)cc([C@@H](N)CC(=O)O)c2)c1. The van der Waals surface area contributed by atoms with Gasteiger partial charge in [-0.2, -0.15) is 0 Å². The van der Waals surface area contributed by atoms with Gasteiger partial charge in [0, 0.05) is 6.04 Å². The van der Waals surface area contributed by atoms with Crippen LogP contribution in [0.5, 0.6) is 5.75 Å². The predicted octanol–water partition coefficient (Wildman–Crippen LogP) is 2.98. The second-order valence-corrected chi connectivity index (χ2v) is 4.71. The first-order valence-corrected chi connectivity index (χ1v) is 6.42. The number of rotatable bonds is 5. The summed E-state index contributed by atoms with van der Waals surface area (Å²) in [5.74, 6) is -0.811. The van der Waals surface area contributed by atoms with E-state index >= 15 is 0 Å². The number of hydrogen-bond acceptors (Lipinski definition) is 3. The monoisotopic (exact) mass is 289 g/mol. The van der Waals surface area contributed by atoms with Gasteiger partial charge in [0.25, 0.3) is 0 Å². The van der Waals surface area contributed by atoms with Gasteiger partial charge in [0.1, 0.15) is 11.6 Å². The molecule has 4 nitrogen and oxygen atoms in total. The van der Waals surface area contributed by atoms with Gasteiger partial charge in [0.05, 0.1) is 13.5 Å². The first-order chi connectivity index (χ1) is 9.99. The zero-order valence-corrected chi connectivity index (χ0v) is 11.5. The van der Waals surface area contributed by atoms with Crippen molar-refractivity contribution in [3.63, 3.8) is 0 Å². The van der Waals surface area contributed by atoms with Gasteiger partial charge in [0.2, 0.25) is 0 Å². The molecule has 3 N–H and O–H groups in total. The van der Waals surface area contributed by atoms with Crippen molar-refractivity contribution in [2.75, 3.05) is 7.11 Å². The zero-order valence-electron chi connectivity index (χ0n) is 11.5. The maximum Gasteiger partial charge on any atom is 0.305 e. The average Bonchev–Trinajstić information content (AvgIpc) is 2.46. The second kappa shape index (κ2) is 6.37. The van der Waals surface area contributed by atoms with Gasteiger partial charge in [0.15, 0.2) is 0 Å². The number of ether oxygens (including phenoxy) is 1. The molecular formula is C16H16FNO3. The Morgan fingerprint density at radius 3 is 2.71 bits per heavy atom. The molecule has 0 saturated carbocycles. The fourth-order valence-corrected chi connectivity index (χ4v) is 2.10. The Hall–Kier alpha value is -2.40. The highest BCUT2D eigenvalue weighted by molar-refractivity contribution is 5.69. The van der Waals surface area contributed by atoms with Crippen molar-refractivity contribution in [3.8, 4) is 16.9 Å². The molecule has 0 saturated heterocycles. The fourth-order valence-electron chi connectivity index (χ4n) is 2.10. The minimum Gasteiger partial charge on any atom is -0.497 e. The van der Waals surface area contributed by atoms with Crippen LogP contribution in [0.2, 0.25) is 0 Å². The van der Waals surface area contributed by atoms with Crippen LogP contribution in [-0.4, -0.2) is 18.2 Å². The summed E-state index contributed by atoms with van der Waals surface area (Å²) in [7, 11) is 1.55. The summed E-state index contributed by atoms with van der Waals surface area (Å²) in [6.07, 6.45) is -0.249. The Kier molecular flexibility index (Phi) is 4.55. The number of nitrogens with two attached hydrogens (primary N) is 1. The van der Waals surface area contributed by atoms with Crippen molar-refractivity contribution in [2.45, 2.75) is 12.5 Å². The largest absolute Gasteiger partial charge is 0.497 e. The van der Waals surface area contributed by atoms with Crippen molar-refractivity contribution in [2.24, 2.45) is 5.73 Å². The molecule has 1 atom stereocenters. The van der Waals surface area contributed by atoms with Crippen LogP contribution in [0.4, 0.5) is 4.39 Å². The number of aliphatic carboxylic acids is 1. The fraction of sp³-hybridized carbons (Fsp3) is 0.188. The summed E-state index contributed by atoms with van der Waals surface area (Å²) >= 11 is 0. The predicted molar refractivity (Wildman–Crippen MR) is 77.6 cm³/mol. The molecular weight excluding hydrogens is 273 g/mol. The van der Waals surface area contributed by atoms with Gasteiger partial charge in [-0.05, 0) is 47.0 Å². The van der Waals surface area contributed by atoms with Crippen LogP contribution in [-0.2, 0) is 4.79 Å². The van der Waals surface area contributed by atoms with Crippen LogP contribution in [0.1, 0.15) is 18.0 Å². The Morgan fingerprint density at radius 2 is 2.05 bits per heavy atom. The number of halogens is 1. The van der Waals surface area contributed by atoms with E-state index in [0.717, 1.165) is 5.56 Å². The zero-order chi connectivity index (χ0) is 15.4. The first kappa shape index (κ1) is 15.0. The topological polar surface area (TPSA) is 72.5 Å². The number of carbonyl (C=O) groups is 1. The van der Waals surface area contributed by atoms with E-state index in [1.165, 1.54) is 12.1 Å². The lowest BCUT2D eigenvalue weighted by molar-refractivity contribution is -0.137. The van der Waals surface area contributed by atoms with Crippen molar-refractivity contribution < 1.29 is 19.0 Å². The van der Waals surface area contributed by atoms with E-state index in [2.05, 4.69) is 0 Å². The summed E-state index contributed by atoms with van der Waals surface area (Å²) in [6.45, 7) is 0. The molecule has 110 valence electrons. The number of hydrogen-bond donors (Lipinski definition) is 2. The third-order valence-electron chi connectivity index (χ3n) is 3.15. The third-order valence-corrected chi connectivity index (χ3v) is 3.15. The van der Waals surface area contributed by atoms with E-state index in [-0.39, 0.29) is 6.42 Å². The highest BCUT2D eigenvalue weighted by Crippen LogP contribution is 2.27. The molecule has 2 aromatic carbocycles. The van der Waals surface area contributed by atoms with E-state index in [1.807, 2.05) is 6.07 Å². The van der Waals surface area contributed by atoms with E-state index in [1.54, 1.807) is 31.4 Å². The minimum atomic E-state index is -1.02. The molecule has 0 aliphatic heterocycles. The van der Waals surface area contributed by atoms with Crippen LogP contribution in [0, 0.1) is 5.82 Å². The maximum absolute atomic E-state index is 13.8. The third kappa shape index (κ3) is 3.79. The molecule has 2 aromatic rings. The maximum atomic E-state index is 13.8. The number of carboxylic acids is 1. The molecule has 2 rings (SSSR count). The molecule has 0 unspecified atom stereocenters. The van der Waals surface area contributed by atoms with E-state index in [4.69, 9.17) is 15.6 Å². The average molecular weight is 289 g/mol. The normalized spacial score (nSPS) is 12.0. The van der Waals surface area contributed by atoms with E-state index in [0.29, 0.717) is 16.9 Å². The smallest absolute Gasteiger partial charge is 0.305 e. The molecule has 0 heterocycles. The van der Waals surface area contributed by atoms with Gasteiger partial charge < -0.3 is 15.6 Å². The Balaban J connectivity index is 2.40. The van der Waals surface area contributed by atoms with Gasteiger partial charge in [-0.25, -0.2) is 4.39 Å². The quantitative estimate of drug-likeness (QED) is 0.887. The van der Waals surface area contributed by atoms with Crippen molar-refractivity contribution >= 4 is 5.97 Å².